The zero-order valence-corrected chi connectivity index (χ0v) is 18.3. The molecule has 4 saturated carbocycles. The van der Waals surface area contributed by atoms with Crippen LogP contribution >= 0.6 is 0 Å². The van der Waals surface area contributed by atoms with Crippen LogP contribution in [0.2, 0.25) is 0 Å². The first kappa shape index (κ1) is 20.8. The average Bonchev–Trinajstić information content (AvgIpc) is 2.75. The molecule has 1 aliphatic heterocycles. The Kier molecular flexibility index (Phi) is 6.02. The molecular formula is C25H37FN2O. The molecule has 1 heterocycles. The Hall–Kier alpha value is -1.42. The molecule has 1 saturated heterocycles. The molecule has 3 nitrogen and oxygen atoms in total. The third kappa shape index (κ3) is 3.73. The van der Waals surface area contributed by atoms with Gasteiger partial charge in [0.05, 0.1) is 0 Å². The molecule has 0 aromatic heterocycles. The van der Waals surface area contributed by atoms with Gasteiger partial charge in [-0.15, -0.1) is 0 Å². The first-order valence-electron chi connectivity index (χ1n) is 11.8. The summed E-state index contributed by atoms with van der Waals surface area (Å²) in [5, 5.41) is 2.55. The summed E-state index contributed by atoms with van der Waals surface area (Å²) >= 11 is 0. The van der Waals surface area contributed by atoms with Crippen molar-refractivity contribution >= 4 is 5.91 Å². The highest BCUT2D eigenvalue weighted by Crippen LogP contribution is 2.65. The van der Waals surface area contributed by atoms with Gasteiger partial charge in [-0.1, -0.05) is 19.9 Å². The standard InChI is InChI=1S/C23H31FN2O.C2H6/c1-25-22(27)17-2-3-18(21(24)13-17)14-26-6-4-23(5-7-26)19-9-15-8-16(11-19)12-20(23)10-15;1-2/h2-3,13,15-16,19-20H,4-12,14H2,1H3,(H,25,27);1-2H3. The van der Waals surface area contributed by atoms with Crippen molar-refractivity contribution in [3.8, 4) is 0 Å². The highest BCUT2D eigenvalue weighted by molar-refractivity contribution is 5.94. The van der Waals surface area contributed by atoms with Crippen LogP contribution in [0, 0.1) is 34.9 Å². The second-order valence-electron chi connectivity index (χ2n) is 9.70. The van der Waals surface area contributed by atoms with Crippen LogP contribution in [0.1, 0.15) is 74.7 Å². The van der Waals surface area contributed by atoms with E-state index in [0.717, 1.165) is 36.8 Å². The molecule has 0 unspecified atom stereocenters. The molecule has 1 amide bonds. The lowest BCUT2D eigenvalue weighted by molar-refractivity contribution is -0.136. The number of rotatable bonds is 3. The third-order valence-corrected chi connectivity index (χ3v) is 8.49. The van der Waals surface area contributed by atoms with Gasteiger partial charge in [0.15, 0.2) is 0 Å². The van der Waals surface area contributed by atoms with E-state index in [4.69, 9.17) is 0 Å². The summed E-state index contributed by atoms with van der Waals surface area (Å²) in [5.74, 6) is 3.51. The molecule has 4 heteroatoms. The number of carbonyl (C=O) groups is 1. The van der Waals surface area contributed by atoms with Crippen LogP contribution in [0.15, 0.2) is 18.2 Å². The minimum Gasteiger partial charge on any atom is -0.355 e. The number of nitrogens with zero attached hydrogens (tertiary/aromatic N) is 1. The maximum atomic E-state index is 14.5. The number of hydrogen-bond acceptors (Lipinski definition) is 2. The number of carbonyl (C=O) groups excluding carboxylic acids is 1. The molecule has 0 radical (unpaired) electrons. The number of halogens is 1. The Morgan fingerprint density at radius 3 is 2.17 bits per heavy atom. The van der Waals surface area contributed by atoms with Crippen LogP contribution in [-0.4, -0.2) is 30.9 Å². The van der Waals surface area contributed by atoms with E-state index in [1.807, 2.05) is 13.8 Å². The van der Waals surface area contributed by atoms with Crippen molar-refractivity contribution in [2.24, 2.45) is 29.1 Å². The van der Waals surface area contributed by atoms with Crippen molar-refractivity contribution in [2.75, 3.05) is 20.1 Å². The fourth-order valence-corrected chi connectivity index (χ4v) is 7.27. The number of nitrogens with one attached hydrogen (secondary N) is 1. The zero-order valence-electron chi connectivity index (χ0n) is 18.3. The van der Waals surface area contributed by atoms with Crippen LogP contribution in [0.4, 0.5) is 4.39 Å². The Morgan fingerprint density at radius 2 is 1.66 bits per heavy atom. The Morgan fingerprint density at radius 1 is 1.07 bits per heavy atom. The smallest absolute Gasteiger partial charge is 0.251 e. The fraction of sp³-hybridized carbons (Fsp3) is 0.720. The van der Waals surface area contributed by atoms with Gasteiger partial charge in [0.1, 0.15) is 5.82 Å². The van der Waals surface area contributed by atoms with Crippen molar-refractivity contribution in [3.05, 3.63) is 35.1 Å². The van der Waals surface area contributed by atoms with Gasteiger partial charge >= 0.3 is 0 Å². The number of hydrogen-bond donors (Lipinski definition) is 1. The predicted octanol–water partition coefficient (Wildman–Crippen LogP) is 5.25. The van der Waals surface area contributed by atoms with Crippen LogP contribution in [0.3, 0.4) is 0 Å². The molecule has 6 rings (SSSR count). The van der Waals surface area contributed by atoms with E-state index in [2.05, 4.69) is 10.2 Å². The summed E-state index contributed by atoms with van der Waals surface area (Å²) in [6.45, 7) is 6.86. The highest BCUT2D eigenvalue weighted by atomic mass is 19.1. The van der Waals surface area contributed by atoms with E-state index >= 15 is 0 Å². The van der Waals surface area contributed by atoms with Gasteiger partial charge in [-0.05, 0) is 99.3 Å². The van der Waals surface area contributed by atoms with E-state index in [9.17, 15) is 9.18 Å². The van der Waals surface area contributed by atoms with Crippen molar-refractivity contribution < 1.29 is 9.18 Å². The lowest BCUT2D eigenvalue weighted by atomic mass is 9.43. The molecule has 1 spiro atoms. The average molecular weight is 401 g/mol. The number of likely N-dealkylation sites (tertiary alicyclic amines) is 1. The van der Waals surface area contributed by atoms with Crippen LogP contribution in [0.5, 0.6) is 0 Å². The van der Waals surface area contributed by atoms with Crippen LogP contribution in [0.25, 0.3) is 0 Å². The Bertz CT molecular complexity index is 708. The van der Waals surface area contributed by atoms with Gasteiger partial charge < -0.3 is 5.32 Å². The maximum absolute atomic E-state index is 14.5. The molecule has 160 valence electrons. The molecule has 1 aromatic rings. The Balaban J connectivity index is 0.000000994. The van der Waals surface area contributed by atoms with E-state index in [0.29, 0.717) is 23.1 Å². The summed E-state index contributed by atoms with van der Waals surface area (Å²) in [5.41, 5.74) is 1.71. The summed E-state index contributed by atoms with van der Waals surface area (Å²) in [6, 6.07) is 4.89. The monoisotopic (exact) mass is 400 g/mol. The highest BCUT2D eigenvalue weighted by Gasteiger charge is 2.57. The lowest BCUT2D eigenvalue weighted by Crippen LogP contribution is -2.56. The maximum Gasteiger partial charge on any atom is 0.251 e. The van der Waals surface area contributed by atoms with Crippen molar-refractivity contribution in [3.63, 3.8) is 0 Å². The van der Waals surface area contributed by atoms with Crippen molar-refractivity contribution in [2.45, 2.75) is 65.3 Å². The molecule has 4 aliphatic carbocycles. The summed E-state index contributed by atoms with van der Waals surface area (Å²) in [6.07, 6.45) is 10.1. The van der Waals surface area contributed by atoms with Crippen molar-refractivity contribution in [1.82, 2.24) is 10.2 Å². The largest absolute Gasteiger partial charge is 0.355 e. The van der Waals surface area contributed by atoms with Gasteiger partial charge in [0.2, 0.25) is 0 Å². The first-order valence-corrected chi connectivity index (χ1v) is 11.8. The fourth-order valence-electron chi connectivity index (χ4n) is 7.27. The molecule has 4 bridgehead atoms. The normalized spacial score (nSPS) is 32.0. The Labute approximate surface area is 175 Å². The lowest BCUT2D eigenvalue weighted by Gasteiger charge is -2.63. The summed E-state index contributed by atoms with van der Waals surface area (Å²) in [7, 11) is 1.57. The number of amides is 1. The van der Waals surface area contributed by atoms with E-state index in [-0.39, 0.29) is 11.7 Å². The van der Waals surface area contributed by atoms with Gasteiger partial charge in [-0.25, -0.2) is 4.39 Å². The SMILES string of the molecule is CC.CNC(=O)c1ccc(CN2CCC3(CC2)C2CC4CC(C2)CC3C4)c(F)c1. The van der Waals surface area contributed by atoms with Gasteiger partial charge in [-0.2, -0.15) is 0 Å². The molecular weight excluding hydrogens is 363 g/mol. The van der Waals surface area contributed by atoms with Gasteiger partial charge in [-0.3, -0.25) is 9.69 Å². The molecule has 5 fully saturated rings. The zero-order chi connectivity index (χ0) is 20.6. The number of benzene rings is 1. The van der Waals surface area contributed by atoms with Crippen LogP contribution < -0.4 is 5.32 Å². The molecule has 0 atom stereocenters. The molecule has 29 heavy (non-hydrogen) atoms. The van der Waals surface area contributed by atoms with Gasteiger partial charge in [0.25, 0.3) is 5.91 Å². The topological polar surface area (TPSA) is 32.3 Å². The van der Waals surface area contributed by atoms with Crippen LogP contribution in [-0.2, 0) is 6.54 Å². The first-order chi connectivity index (χ1) is 14.1. The van der Waals surface area contributed by atoms with E-state index in [1.54, 1.807) is 19.2 Å². The second kappa shape index (κ2) is 8.37. The third-order valence-electron chi connectivity index (χ3n) is 8.49. The van der Waals surface area contributed by atoms with Gasteiger partial charge in [0, 0.05) is 24.7 Å². The predicted molar refractivity (Wildman–Crippen MR) is 115 cm³/mol. The number of piperidine rings is 1. The quantitative estimate of drug-likeness (QED) is 0.751. The molecule has 1 N–H and O–H groups in total. The summed E-state index contributed by atoms with van der Waals surface area (Å²) < 4.78 is 14.5. The minimum absolute atomic E-state index is 0.234. The van der Waals surface area contributed by atoms with E-state index < -0.39 is 0 Å². The summed E-state index contributed by atoms with van der Waals surface area (Å²) in [4.78, 5) is 14.1. The van der Waals surface area contributed by atoms with Crippen molar-refractivity contribution in [1.29, 1.82) is 0 Å². The minimum atomic E-state index is -0.258. The molecule has 1 aromatic carbocycles. The second-order valence-corrected chi connectivity index (χ2v) is 9.70. The van der Waals surface area contributed by atoms with E-state index in [1.165, 1.54) is 51.0 Å². The molecule has 5 aliphatic rings.